The van der Waals surface area contributed by atoms with Crippen molar-refractivity contribution in [2.24, 2.45) is 17.8 Å². The third-order valence-corrected chi connectivity index (χ3v) is 2.97. The first kappa shape index (κ1) is 18.4. The molecule has 0 aromatic carbocycles. The average Bonchev–Trinajstić information content (AvgIpc) is 2.84. The van der Waals surface area contributed by atoms with E-state index < -0.39 is 0 Å². The van der Waals surface area contributed by atoms with Gasteiger partial charge in [0.2, 0.25) is 0 Å². The van der Waals surface area contributed by atoms with E-state index in [9.17, 15) is 0 Å². The molecule has 2 aliphatic carbocycles. The van der Waals surface area contributed by atoms with E-state index in [1.807, 2.05) is 27.7 Å². The minimum atomic E-state index is 0.833. The van der Waals surface area contributed by atoms with Gasteiger partial charge in [0.15, 0.2) is 0 Å². The monoisotopic (exact) mass is 228 g/mol. The first-order chi connectivity index (χ1) is 7.70. The molecule has 100 valence electrons. The first-order valence-electron chi connectivity index (χ1n) is 7.70. The van der Waals surface area contributed by atoms with Crippen LogP contribution in [0.25, 0.3) is 0 Å². The second kappa shape index (κ2) is 13.1. The summed E-state index contributed by atoms with van der Waals surface area (Å²) in [5, 5.41) is 0. The molecule has 2 aliphatic rings. The van der Waals surface area contributed by atoms with Crippen LogP contribution in [0, 0.1) is 17.8 Å². The summed E-state index contributed by atoms with van der Waals surface area (Å²) >= 11 is 0. The van der Waals surface area contributed by atoms with Gasteiger partial charge >= 0.3 is 0 Å². The lowest BCUT2D eigenvalue weighted by Gasteiger charge is -2.04. The highest BCUT2D eigenvalue weighted by Crippen LogP contribution is 2.43. The van der Waals surface area contributed by atoms with Gasteiger partial charge in [-0.15, -0.1) is 0 Å². The molecule has 0 aromatic heterocycles. The Kier molecular flexibility index (Phi) is 15.0. The van der Waals surface area contributed by atoms with E-state index in [0.29, 0.717) is 0 Å². The highest BCUT2D eigenvalue weighted by atomic mass is 14.4. The van der Waals surface area contributed by atoms with Crippen LogP contribution in [0.4, 0.5) is 0 Å². The third-order valence-electron chi connectivity index (χ3n) is 2.97. The molecule has 0 heteroatoms. The average molecular weight is 228 g/mol. The lowest BCUT2D eigenvalue weighted by Crippen LogP contribution is -1.95. The van der Waals surface area contributed by atoms with E-state index in [0.717, 1.165) is 5.92 Å². The van der Waals surface area contributed by atoms with Crippen molar-refractivity contribution in [2.45, 2.75) is 87.0 Å². The molecule has 0 aromatic rings. The molecule has 0 unspecified atom stereocenters. The lowest BCUT2D eigenvalue weighted by atomic mass is 10.0. The molecule has 16 heavy (non-hydrogen) atoms. The molecule has 0 radical (unpaired) electrons. The van der Waals surface area contributed by atoms with Gasteiger partial charge in [-0.1, -0.05) is 87.0 Å². The van der Waals surface area contributed by atoms with Crippen molar-refractivity contribution < 1.29 is 0 Å². The molecule has 2 fully saturated rings. The summed E-state index contributed by atoms with van der Waals surface area (Å²) in [4.78, 5) is 0. The molecule has 0 atom stereocenters. The quantitative estimate of drug-likeness (QED) is 0.456. The van der Waals surface area contributed by atoms with Crippen LogP contribution < -0.4 is 0 Å². The van der Waals surface area contributed by atoms with Gasteiger partial charge in [-0.3, -0.25) is 0 Å². The van der Waals surface area contributed by atoms with Gasteiger partial charge in [0, 0.05) is 0 Å². The highest BCUT2D eigenvalue weighted by molar-refractivity contribution is 4.82. The van der Waals surface area contributed by atoms with E-state index >= 15 is 0 Å². The molecule has 0 N–H and O–H groups in total. The molecule has 0 heterocycles. The van der Waals surface area contributed by atoms with E-state index in [4.69, 9.17) is 0 Å². The van der Waals surface area contributed by atoms with Crippen LogP contribution in [0.2, 0.25) is 0 Å². The van der Waals surface area contributed by atoms with Crippen LogP contribution in [0.3, 0.4) is 0 Å². The van der Waals surface area contributed by atoms with E-state index in [-0.39, 0.29) is 0 Å². The van der Waals surface area contributed by atoms with Crippen molar-refractivity contribution >= 4 is 0 Å². The summed E-state index contributed by atoms with van der Waals surface area (Å²) in [7, 11) is 0. The maximum absolute atomic E-state index is 2.17. The zero-order valence-corrected chi connectivity index (χ0v) is 13.0. The smallest absolute Gasteiger partial charge is 0.0386 e. The van der Waals surface area contributed by atoms with E-state index in [1.165, 1.54) is 24.7 Å². The molecule has 2 saturated carbocycles. The molecule has 0 amide bonds. The van der Waals surface area contributed by atoms with Gasteiger partial charge in [0.1, 0.15) is 0 Å². The Balaban J connectivity index is 0. The Hall–Kier alpha value is 0. The number of hydrogen-bond acceptors (Lipinski definition) is 0. The van der Waals surface area contributed by atoms with Crippen LogP contribution >= 0.6 is 0 Å². The van der Waals surface area contributed by atoms with Gasteiger partial charge in [0.05, 0.1) is 0 Å². The zero-order valence-electron chi connectivity index (χ0n) is 13.0. The van der Waals surface area contributed by atoms with Crippen LogP contribution in [0.1, 0.15) is 87.0 Å². The molecular weight excluding hydrogens is 192 g/mol. The molecule has 2 rings (SSSR count). The molecule has 0 nitrogen and oxygen atoms in total. The summed E-state index contributed by atoms with van der Waals surface area (Å²) in [5.74, 6) is 3.19. The van der Waals surface area contributed by atoms with Gasteiger partial charge in [-0.05, 0) is 17.8 Å². The fraction of sp³-hybridized carbons (Fsp3) is 1.00. The maximum atomic E-state index is 2.17. The Labute approximate surface area is 105 Å². The SMILES string of the molecule is C1CC2CCCC2C1.CC.CC.CC(C)C. The van der Waals surface area contributed by atoms with Gasteiger partial charge in [0.25, 0.3) is 0 Å². The standard InChI is InChI=1S/C8H14.C4H10.2C2H6/c1-3-7-5-2-6-8(7)4-1;1-4(2)3;2*1-2/h7-8H,1-6H2;4H,1-3H3;2*1-2H3. The highest BCUT2D eigenvalue weighted by Gasteiger charge is 2.30. The summed E-state index contributed by atoms with van der Waals surface area (Å²) in [5.41, 5.74) is 0. The fourth-order valence-corrected chi connectivity index (χ4v) is 2.52. The molecule has 0 bridgehead atoms. The minimum Gasteiger partial charge on any atom is -0.0683 e. The predicted octanol–water partition coefficient (Wildman–Crippen LogP) is 6.30. The van der Waals surface area contributed by atoms with Gasteiger partial charge < -0.3 is 0 Å². The molecule has 0 aliphatic heterocycles. The van der Waals surface area contributed by atoms with Gasteiger partial charge in [-0.2, -0.15) is 0 Å². The van der Waals surface area contributed by atoms with Crippen molar-refractivity contribution in [3.63, 3.8) is 0 Å². The summed E-state index contributed by atoms with van der Waals surface area (Å²) in [6.45, 7) is 14.5. The summed E-state index contributed by atoms with van der Waals surface area (Å²) in [6.07, 6.45) is 9.31. The zero-order chi connectivity index (χ0) is 13.0. The van der Waals surface area contributed by atoms with Crippen molar-refractivity contribution in [3.05, 3.63) is 0 Å². The van der Waals surface area contributed by atoms with Crippen molar-refractivity contribution in [3.8, 4) is 0 Å². The predicted molar refractivity (Wildman–Crippen MR) is 77.9 cm³/mol. The fourth-order valence-electron chi connectivity index (χ4n) is 2.52. The Morgan fingerprint density at radius 3 is 1.00 bits per heavy atom. The van der Waals surface area contributed by atoms with E-state index in [1.54, 1.807) is 25.7 Å². The number of hydrogen-bond donors (Lipinski definition) is 0. The molecule has 0 saturated heterocycles. The first-order valence-corrected chi connectivity index (χ1v) is 7.70. The Morgan fingerprint density at radius 2 is 0.812 bits per heavy atom. The third kappa shape index (κ3) is 9.24. The topological polar surface area (TPSA) is 0 Å². The van der Waals surface area contributed by atoms with Crippen molar-refractivity contribution in [1.82, 2.24) is 0 Å². The normalized spacial score (nSPS) is 25.5. The van der Waals surface area contributed by atoms with Crippen LogP contribution in [0.5, 0.6) is 0 Å². The Bertz CT molecular complexity index is 92.5. The molecular formula is C16H36. The van der Waals surface area contributed by atoms with Crippen molar-refractivity contribution in [1.29, 1.82) is 0 Å². The second-order valence-corrected chi connectivity index (χ2v) is 5.11. The summed E-state index contributed by atoms with van der Waals surface area (Å²) in [6, 6.07) is 0. The van der Waals surface area contributed by atoms with Crippen LogP contribution in [0.15, 0.2) is 0 Å². The largest absolute Gasteiger partial charge is 0.0683 e. The lowest BCUT2D eigenvalue weighted by molar-refractivity contribution is 0.457. The number of rotatable bonds is 0. The number of fused-ring (bicyclic) bond motifs is 1. The van der Waals surface area contributed by atoms with Crippen LogP contribution in [-0.4, -0.2) is 0 Å². The van der Waals surface area contributed by atoms with Crippen LogP contribution in [-0.2, 0) is 0 Å². The maximum Gasteiger partial charge on any atom is -0.0386 e. The van der Waals surface area contributed by atoms with E-state index in [2.05, 4.69) is 20.8 Å². The Morgan fingerprint density at radius 1 is 0.625 bits per heavy atom. The van der Waals surface area contributed by atoms with Crippen molar-refractivity contribution in [2.75, 3.05) is 0 Å². The second-order valence-electron chi connectivity index (χ2n) is 5.11. The molecule has 0 spiro atoms. The van der Waals surface area contributed by atoms with Gasteiger partial charge in [-0.25, -0.2) is 0 Å². The summed E-state index contributed by atoms with van der Waals surface area (Å²) < 4.78 is 0. The minimum absolute atomic E-state index is 0.833.